The van der Waals surface area contributed by atoms with Crippen LogP contribution in [-0.4, -0.2) is 28.6 Å². The van der Waals surface area contributed by atoms with Gasteiger partial charge in [0.2, 0.25) is 0 Å². The third kappa shape index (κ3) is 5.96. The van der Waals surface area contributed by atoms with E-state index in [0.29, 0.717) is 13.0 Å². The number of hydrogen-bond donors (Lipinski definition) is 1. The van der Waals surface area contributed by atoms with E-state index in [1.54, 1.807) is 0 Å². The molecule has 1 aliphatic heterocycles. The number of carbonyl (C=O) groups is 1. The van der Waals surface area contributed by atoms with Crippen molar-refractivity contribution in [3.63, 3.8) is 0 Å². The second-order valence-electron chi connectivity index (χ2n) is 9.12. The zero-order chi connectivity index (χ0) is 25.5. The fraction of sp³-hybridized carbons (Fsp3) is 0.367. The van der Waals surface area contributed by atoms with Crippen LogP contribution in [0.5, 0.6) is 0 Å². The van der Waals surface area contributed by atoms with Gasteiger partial charge in [-0.25, -0.2) is 13.6 Å². The van der Waals surface area contributed by atoms with Crippen LogP contribution in [0.2, 0.25) is 0 Å². The summed E-state index contributed by atoms with van der Waals surface area (Å²) in [6, 6.07) is 10.3. The Morgan fingerprint density at radius 2 is 1.89 bits per heavy atom. The van der Waals surface area contributed by atoms with Crippen LogP contribution in [0.4, 0.5) is 8.78 Å². The van der Waals surface area contributed by atoms with Crippen LogP contribution in [0, 0.1) is 11.6 Å². The van der Waals surface area contributed by atoms with Gasteiger partial charge >= 0.3 is 5.97 Å². The van der Waals surface area contributed by atoms with E-state index >= 15 is 8.78 Å². The lowest BCUT2D eigenvalue weighted by Crippen LogP contribution is -2.43. The normalized spacial score (nSPS) is 18.9. The Morgan fingerprint density at radius 3 is 2.49 bits per heavy atom. The van der Waals surface area contributed by atoms with Gasteiger partial charge in [-0.2, -0.15) is 0 Å². The fourth-order valence-corrected chi connectivity index (χ4v) is 5.20. The summed E-state index contributed by atoms with van der Waals surface area (Å²) < 4.78 is 31.1. The van der Waals surface area contributed by atoms with Crippen molar-refractivity contribution >= 4 is 17.6 Å². The fourth-order valence-electron chi connectivity index (χ4n) is 5.20. The first-order valence-corrected chi connectivity index (χ1v) is 12.4. The lowest BCUT2D eigenvalue weighted by atomic mass is 9.79. The Morgan fingerprint density at radius 1 is 1.20 bits per heavy atom. The zero-order valence-corrected chi connectivity index (χ0v) is 20.9. The van der Waals surface area contributed by atoms with Gasteiger partial charge in [0.15, 0.2) is 0 Å². The van der Waals surface area contributed by atoms with E-state index in [2.05, 4.69) is 37.5 Å². The average molecular weight is 480 g/mol. The zero-order valence-electron chi connectivity index (χ0n) is 20.9. The SMILES string of the molecule is C=CCCN1C(CC)CC(c2ccccc2CCC)=C(C)C1c1c(F)cc(/C=C/C(=O)O)cc1F. The van der Waals surface area contributed by atoms with Crippen molar-refractivity contribution in [3.05, 3.63) is 94.6 Å². The van der Waals surface area contributed by atoms with Crippen LogP contribution in [0.3, 0.4) is 0 Å². The minimum Gasteiger partial charge on any atom is -0.478 e. The molecule has 0 fully saturated rings. The molecule has 1 heterocycles. The summed E-state index contributed by atoms with van der Waals surface area (Å²) in [5, 5.41) is 8.88. The number of hydrogen-bond acceptors (Lipinski definition) is 2. The third-order valence-electron chi connectivity index (χ3n) is 6.84. The lowest BCUT2D eigenvalue weighted by Gasteiger charge is -2.44. The molecule has 186 valence electrons. The number of benzene rings is 2. The van der Waals surface area contributed by atoms with Gasteiger partial charge in [0.25, 0.3) is 0 Å². The molecular formula is C30H35F2NO2. The highest BCUT2D eigenvalue weighted by Crippen LogP contribution is 2.45. The maximum Gasteiger partial charge on any atom is 0.328 e. The molecule has 1 N–H and O–H groups in total. The van der Waals surface area contributed by atoms with E-state index in [4.69, 9.17) is 5.11 Å². The van der Waals surface area contributed by atoms with Gasteiger partial charge in [-0.1, -0.05) is 50.6 Å². The summed E-state index contributed by atoms with van der Waals surface area (Å²) in [5.41, 5.74) is 4.74. The number of halogens is 2. The van der Waals surface area contributed by atoms with Crippen molar-refractivity contribution in [2.75, 3.05) is 6.54 Å². The van der Waals surface area contributed by atoms with Gasteiger partial charge in [0.05, 0.1) is 6.04 Å². The van der Waals surface area contributed by atoms with Gasteiger partial charge in [-0.05, 0) is 78.7 Å². The van der Waals surface area contributed by atoms with Crippen molar-refractivity contribution in [3.8, 4) is 0 Å². The molecule has 0 amide bonds. The minimum absolute atomic E-state index is 0.0164. The van der Waals surface area contributed by atoms with Gasteiger partial charge in [0, 0.05) is 24.2 Å². The van der Waals surface area contributed by atoms with Gasteiger partial charge in [0.1, 0.15) is 11.6 Å². The van der Waals surface area contributed by atoms with E-state index in [1.807, 2.05) is 25.1 Å². The molecule has 0 saturated carbocycles. The van der Waals surface area contributed by atoms with E-state index in [9.17, 15) is 4.79 Å². The highest BCUT2D eigenvalue weighted by molar-refractivity contribution is 5.85. The van der Waals surface area contributed by atoms with Crippen molar-refractivity contribution in [1.82, 2.24) is 4.90 Å². The maximum absolute atomic E-state index is 15.6. The molecule has 1 aliphatic rings. The Balaban J connectivity index is 2.22. The van der Waals surface area contributed by atoms with Crippen LogP contribution >= 0.6 is 0 Å². The van der Waals surface area contributed by atoms with Crippen LogP contribution < -0.4 is 0 Å². The molecule has 0 radical (unpaired) electrons. The molecule has 0 bridgehead atoms. The lowest BCUT2D eigenvalue weighted by molar-refractivity contribution is -0.131. The molecular weight excluding hydrogens is 444 g/mol. The third-order valence-corrected chi connectivity index (χ3v) is 6.84. The summed E-state index contributed by atoms with van der Waals surface area (Å²) in [6.07, 6.45) is 8.27. The number of carboxylic acids is 1. The monoisotopic (exact) mass is 479 g/mol. The van der Waals surface area contributed by atoms with Crippen LogP contribution in [0.25, 0.3) is 11.6 Å². The smallest absolute Gasteiger partial charge is 0.328 e. The molecule has 0 spiro atoms. The Hall–Kier alpha value is -3.05. The second kappa shape index (κ2) is 12.1. The van der Waals surface area contributed by atoms with Crippen molar-refractivity contribution < 1.29 is 18.7 Å². The molecule has 2 unspecified atom stereocenters. The van der Waals surface area contributed by atoms with Crippen molar-refractivity contribution in [2.45, 2.75) is 65.0 Å². The first-order valence-electron chi connectivity index (χ1n) is 12.4. The number of aliphatic carboxylic acids is 1. The molecule has 0 aliphatic carbocycles. The van der Waals surface area contributed by atoms with Crippen LogP contribution in [-0.2, 0) is 11.2 Å². The number of aryl methyl sites for hydroxylation is 1. The van der Waals surface area contributed by atoms with Crippen LogP contribution in [0.15, 0.2) is 60.7 Å². The Bertz CT molecular complexity index is 1110. The van der Waals surface area contributed by atoms with Gasteiger partial charge < -0.3 is 5.11 Å². The number of nitrogens with zero attached hydrogens (tertiary/aromatic N) is 1. The molecule has 3 nitrogen and oxygen atoms in total. The van der Waals surface area contributed by atoms with Crippen LogP contribution in [0.1, 0.15) is 74.8 Å². The number of carboxylic acid groups (broad SMARTS) is 1. The predicted molar refractivity (Wildman–Crippen MR) is 139 cm³/mol. The highest BCUT2D eigenvalue weighted by Gasteiger charge is 2.37. The first-order chi connectivity index (χ1) is 16.8. The molecule has 3 rings (SSSR count). The van der Waals surface area contributed by atoms with Crippen molar-refractivity contribution in [2.24, 2.45) is 0 Å². The predicted octanol–water partition coefficient (Wildman–Crippen LogP) is 7.59. The van der Waals surface area contributed by atoms with E-state index in [-0.39, 0.29) is 17.2 Å². The van der Waals surface area contributed by atoms with Gasteiger partial charge in [-0.15, -0.1) is 6.58 Å². The molecule has 0 aromatic heterocycles. The topological polar surface area (TPSA) is 40.5 Å². The average Bonchev–Trinajstić information content (AvgIpc) is 2.83. The summed E-state index contributed by atoms with van der Waals surface area (Å²) in [4.78, 5) is 13.1. The quantitative estimate of drug-likeness (QED) is 0.282. The van der Waals surface area contributed by atoms with Gasteiger partial charge in [-0.3, -0.25) is 4.90 Å². The summed E-state index contributed by atoms with van der Waals surface area (Å²) in [6.45, 7) is 10.8. The van der Waals surface area contributed by atoms with Crippen molar-refractivity contribution in [1.29, 1.82) is 0 Å². The Kier molecular flexibility index (Phi) is 9.16. The summed E-state index contributed by atoms with van der Waals surface area (Å²) in [7, 11) is 0. The largest absolute Gasteiger partial charge is 0.478 e. The molecule has 0 saturated heterocycles. The summed E-state index contributed by atoms with van der Waals surface area (Å²) >= 11 is 0. The highest BCUT2D eigenvalue weighted by atomic mass is 19.1. The Labute approximate surface area is 207 Å². The minimum atomic E-state index is -1.17. The first kappa shape index (κ1) is 26.6. The van der Waals surface area contributed by atoms with E-state index < -0.39 is 23.6 Å². The van der Waals surface area contributed by atoms with E-state index in [0.717, 1.165) is 42.9 Å². The standard InChI is InChI=1S/C30H35F2NO2/c1-5-8-16-33-23(7-3)19-25(24-13-10-9-12-22(24)11-6-2)20(4)30(33)29-26(31)17-21(18-27(29)32)14-15-28(34)35/h5,9-10,12-15,17-18,23,30H,1,6-8,11,16,19H2,2-4H3,(H,34,35)/b15-14+. The number of rotatable bonds is 10. The van der Waals surface area contributed by atoms with E-state index in [1.165, 1.54) is 29.3 Å². The molecule has 35 heavy (non-hydrogen) atoms. The molecule has 5 heteroatoms. The molecule has 2 aromatic carbocycles. The maximum atomic E-state index is 15.6. The second-order valence-corrected chi connectivity index (χ2v) is 9.12. The molecule has 2 atom stereocenters. The summed E-state index contributed by atoms with van der Waals surface area (Å²) in [5.74, 6) is -2.50. The molecule has 2 aromatic rings.